The van der Waals surface area contributed by atoms with Crippen LogP contribution < -0.4 is 10.6 Å². The minimum Gasteiger partial charge on any atom is -0.453 e. The van der Waals surface area contributed by atoms with Crippen LogP contribution in [0.4, 0.5) is 22.0 Å². The van der Waals surface area contributed by atoms with Gasteiger partial charge in [-0.3, -0.25) is 5.32 Å². The highest BCUT2D eigenvalue weighted by Crippen LogP contribution is 2.26. The maximum atomic E-state index is 11.0. The minimum absolute atomic E-state index is 0.400. The topological polar surface area (TPSA) is 63.2 Å². The van der Waals surface area contributed by atoms with Gasteiger partial charge in [-0.25, -0.2) is 9.78 Å². The maximum Gasteiger partial charge on any atom is 0.412 e. The molecule has 1 aromatic heterocycles. The number of nitrogens with zero attached hydrogens (tertiary/aromatic N) is 1. The number of carbonyl (C=O) groups is 1. The smallest absolute Gasteiger partial charge is 0.412 e. The highest BCUT2D eigenvalue weighted by atomic mass is 35.5. The first kappa shape index (κ1) is 14.4. The van der Waals surface area contributed by atoms with Crippen LogP contribution in [0.15, 0.2) is 36.5 Å². The lowest BCUT2D eigenvalue weighted by Crippen LogP contribution is -2.11. The normalized spacial score (nSPS) is 9.95. The Balaban J connectivity index is 2.06. The van der Waals surface area contributed by atoms with E-state index in [9.17, 15) is 4.79 Å². The first-order valence-electron chi connectivity index (χ1n) is 5.61. The van der Waals surface area contributed by atoms with Crippen LogP contribution >= 0.6 is 23.2 Å². The summed E-state index contributed by atoms with van der Waals surface area (Å²) in [5, 5.41) is 6.54. The summed E-state index contributed by atoms with van der Waals surface area (Å²) in [5.41, 5.74) is 1.54. The number of pyridine rings is 1. The quantitative estimate of drug-likeness (QED) is 0.886. The Morgan fingerprint density at radius 1 is 1.15 bits per heavy atom. The van der Waals surface area contributed by atoms with Gasteiger partial charge >= 0.3 is 6.09 Å². The van der Waals surface area contributed by atoms with Gasteiger partial charge in [0, 0.05) is 5.69 Å². The van der Waals surface area contributed by atoms with Crippen molar-refractivity contribution in [2.45, 2.75) is 0 Å². The van der Waals surface area contributed by atoms with E-state index in [2.05, 4.69) is 20.4 Å². The zero-order valence-electron chi connectivity index (χ0n) is 10.5. The van der Waals surface area contributed by atoms with Crippen molar-refractivity contribution in [1.29, 1.82) is 0 Å². The molecule has 0 radical (unpaired) electrons. The Hall–Kier alpha value is -1.98. The number of ether oxygens (including phenoxy) is 1. The minimum atomic E-state index is -0.567. The molecular weight excluding hydrogens is 301 g/mol. The van der Waals surface area contributed by atoms with E-state index in [1.54, 1.807) is 36.5 Å². The lowest BCUT2D eigenvalue weighted by Gasteiger charge is -2.08. The molecule has 0 aliphatic rings. The van der Waals surface area contributed by atoms with Crippen LogP contribution in [0.2, 0.25) is 10.0 Å². The molecular formula is C13H11Cl2N3O2. The summed E-state index contributed by atoms with van der Waals surface area (Å²) in [6, 6.07) is 8.63. The van der Waals surface area contributed by atoms with E-state index in [1.807, 2.05) is 0 Å². The summed E-state index contributed by atoms with van der Waals surface area (Å²) in [6.07, 6.45) is 1.01. The van der Waals surface area contributed by atoms with Crippen LogP contribution in [0, 0.1) is 0 Å². The molecule has 2 aromatic rings. The second-order valence-electron chi connectivity index (χ2n) is 3.80. The summed E-state index contributed by atoms with van der Waals surface area (Å²) < 4.78 is 4.47. The molecule has 0 spiro atoms. The maximum absolute atomic E-state index is 11.0. The highest BCUT2D eigenvalue weighted by molar-refractivity contribution is 6.42. The first-order chi connectivity index (χ1) is 9.58. The summed E-state index contributed by atoms with van der Waals surface area (Å²) in [7, 11) is 1.29. The third-order valence-electron chi connectivity index (χ3n) is 2.39. The third kappa shape index (κ3) is 3.76. The number of amides is 1. The number of methoxy groups -OCH3 is 1. The average molecular weight is 312 g/mol. The molecule has 0 fully saturated rings. The van der Waals surface area contributed by atoms with E-state index >= 15 is 0 Å². The molecule has 1 heterocycles. The van der Waals surface area contributed by atoms with Crippen LogP contribution in [0.3, 0.4) is 0 Å². The number of nitrogens with one attached hydrogen (secondary N) is 2. The van der Waals surface area contributed by atoms with Gasteiger partial charge < -0.3 is 10.1 Å². The number of halogens is 2. The van der Waals surface area contributed by atoms with Gasteiger partial charge in [0.15, 0.2) is 0 Å². The molecule has 1 aromatic carbocycles. The molecule has 2 rings (SSSR count). The zero-order chi connectivity index (χ0) is 14.5. The molecule has 0 aliphatic carbocycles. The highest BCUT2D eigenvalue weighted by Gasteiger charge is 2.03. The van der Waals surface area contributed by atoms with Crippen LogP contribution in [0.1, 0.15) is 0 Å². The Bertz CT molecular complexity index is 618. The van der Waals surface area contributed by atoms with Crippen LogP contribution in [0.5, 0.6) is 0 Å². The largest absolute Gasteiger partial charge is 0.453 e. The number of aromatic nitrogens is 1. The number of carbonyl (C=O) groups excluding carboxylic acids is 1. The third-order valence-corrected chi connectivity index (χ3v) is 3.13. The van der Waals surface area contributed by atoms with Gasteiger partial charge in [0.25, 0.3) is 0 Å². The Kier molecular flexibility index (Phi) is 4.65. The standard InChI is InChI=1S/C13H11Cl2N3O2/c1-20-13(19)18-12-5-3-9(7-16-12)17-8-2-4-10(14)11(15)6-8/h2-7,17H,1H3,(H,16,18,19). The van der Waals surface area contributed by atoms with E-state index in [1.165, 1.54) is 7.11 Å². The number of hydrogen-bond acceptors (Lipinski definition) is 4. The van der Waals surface area contributed by atoms with E-state index < -0.39 is 6.09 Å². The molecule has 0 saturated heterocycles. The summed E-state index contributed by atoms with van der Waals surface area (Å²) in [4.78, 5) is 15.1. The van der Waals surface area contributed by atoms with E-state index in [-0.39, 0.29) is 0 Å². The number of benzene rings is 1. The molecule has 2 N–H and O–H groups in total. The molecule has 20 heavy (non-hydrogen) atoms. The summed E-state index contributed by atoms with van der Waals surface area (Å²) >= 11 is 11.8. The predicted octanol–water partition coefficient (Wildman–Crippen LogP) is 4.31. The van der Waals surface area contributed by atoms with Crippen molar-refractivity contribution in [1.82, 2.24) is 4.98 Å². The molecule has 0 atom stereocenters. The number of rotatable bonds is 3. The monoisotopic (exact) mass is 311 g/mol. The second kappa shape index (κ2) is 6.45. The van der Waals surface area contributed by atoms with Crippen LogP contribution in [-0.2, 0) is 4.74 Å². The van der Waals surface area contributed by atoms with Gasteiger partial charge in [-0.15, -0.1) is 0 Å². The first-order valence-corrected chi connectivity index (χ1v) is 6.37. The van der Waals surface area contributed by atoms with Gasteiger partial charge in [-0.05, 0) is 30.3 Å². The molecule has 0 saturated carbocycles. The van der Waals surface area contributed by atoms with Crippen LogP contribution in [-0.4, -0.2) is 18.2 Å². The van der Waals surface area contributed by atoms with Gasteiger partial charge in [-0.2, -0.15) is 0 Å². The van der Waals surface area contributed by atoms with Crippen LogP contribution in [0.25, 0.3) is 0 Å². The van der Waals surface area contributed by atoms with E-state index in [0.717, 1.165) is 11.4 Å². The molecule has 104 valence electrons. The summed E-state index contributed by atoms with van der Waals surface area (Å²) in [5.74, 6) is 0.400. The molecule has 7 heteroatoms. The van der Waals surface area contributed by atoms with Crippen molar-refractivity contribution in [2.75, 3.05) is 17.7 Å². The lowest BCUT2D eigenvalue weighted by molar-refractivity contribution is 0.187. The summed E-state index contributed by atoms with van der Waals surface area (Å²) in [6.45, 7) is 0. The average Bonchev–Trinajstić information content (AvgIpc) is 2.45. The Labute approximate surface area is 125 Å². The fourth-order valence-electron chi connectivity index (χ4n) is 1.44. The van der Waals surface area contributed by atoms with Crippen molar-refractivity contribution in [3.05, 3.63) is 46.6 Å². The molecule has 1 amide bonds. The van der Waals surface area contributed by atoms with E-state index in [4.69, 9.17) is 23.2 Å². The molecule has 0 bridgehead atoms. The van der Waals surface area contributed by atoms with Gasteiger partial charge in [0.1, 0.15) is 5.82 Å². The van der Waals surface area contributed by atoms with Crippen molar-refractivity contribution >= 4 is 46.5 Å². The van der Waals surface area contributed by atoms with Gasteiger partial charge in [0.2, 0.25) is 0 Å². The molecule has 5 nitrogen and oxygen atoms in total. The zero-order valence-corrected chi connectivity index (χ0v) is 12.0. The van der Waals surface area contributed by atoms with Crippen molar-refractivity contribution in [2.24, 2.45) is 0 Å². The second-order valence-corrected chi connectivity index (χ2v) is 4.62. The van der Waals surface area contributed by atoms with Gasteiger partial charge in [0.05, 0.1) is 29.0 Å². The Morgan fingerprint density at radius 2 is 1.90 bits per heavy atom. The molecule has 0 unspecified atom stereocenters. The van der Waals surface area contributed by atoms with E-state index in [0.29, 0.717) is 15.9 Å². The molecule has 0 aliphatic heterocycles. The SMILES string of the molecule is COC(=O)Nc1ccc(Nc2ccc(Cl)c(Cl)c2)cn1. The Morgan fingerprint density at radius 3 is 2.50 bits per heavy atom. The fraction of sp³-hybridized carbons (Fsp3) is 0.0769. The predicted molar refractivity (Wildman–Crippen MR) is 80.0 cm³/mol. The lowest BCUT2D eigenvalue weighted by atomic mass is 10.3. The van der Waals surface area contributed by atoms with Crippen molar-refractivity contribution in [3.63, 3.8) is 0 Å². The van der Waals surface area contributed by atoms with Gasteiger partial charge in [-0.1, -0.05) is 23.2 Å². The fourth-order valence-corrected chi connectivity index (χ4v) is 1.74. The number of hydrogen-bond donors (Lipinski definition) is 2. The van der Waals surface area contributed by atoms with Crippen molar-refractivity contribution in [3.8, 4) is 0 Å². The number of anilines is 3. The van der Waals surface area contributed by atoms with Crippen molar-refractivity contribution < 1.29 is 9.53 Å².